The van der Waals surface area contributed by atoms with E-state index in [0.29, 0.717) is 5.13 Å². The molecule has 2 amide bonds. The third-order valence-corrected chi connectivity index (χ3v) is 4.11. The van der Waals surface area contributed by atoms with Crippen LogP contribution in [-0.4, -0.2) is 41.8 Å². The quantitative estimate of drug-likeness (QED) is 0.734. The Bertz CT molecular complexity index is 481. The van der Waals surface area contributed by atoms with Crippen molar-refractivity contribution in [3.05, 3.63) is 10.6 Å². The lowest BCUT2D eigenvalue weighted by Gasteiger charge is -2.13. The summed E-state index contributed by atoms with van der Waals surface area (Å²) in [6.45, 7) is 0.139. The first kappa shape index (κ1) is 14.7. The fraction of sp³-hybridized carbons (Fsp3) is 0.583. The zero-order valence-electron chi connectivity index (χ0n) is 11.1. The Kier molecular flexibility index (Phi) is 4.91. The number of aliphatic carboxylic acids is 1. The number of carboxylic acid groups (broad SMARTS) is 1. The summed E-state index contributed by atoms with van der Waals surface area (Å²) in [6.07, 6.45) is 2.44. The normalized spacial score (nSPS) is 14.7. The molecule has 20 heavy (non-hydrogen) atoms. The second-order valence-electron chi connectivity index (χ2n) is 4.53. The summed E-state index contributed by atoms with van der Waals surface area (Å²) in [6, 6.07) is -0.398. The first-order valence-electron chi connectivity index (χ1n) is 6.36. The van der Waals surface area contributed by atoms with Crippen molar-refractivity contribution in [1.82, 2.24) is 10.3 Å². The van der Waals surface area contributed by atoms with Gasteiger partial charge in [0.15, 0.2) is 5.13 Å². The molecule has 1 atom stereocenters. The van der Waals surface area contributed by atoms with Gasteiger partial charge in [0.25, 0.3) is 0 Å². The van der Waals surface area contributed by atoms with Gasteiger partial charge in [0.05, 0.1) is 18.2 Å². The molecule has 1 heterocycles. The number of hydrogen-bond donors (Lipinski definition) is 3. The van der Waals surface area contributed by atoms with Gasteiger partial charge in [-0.2, -0.15) is 0 Å². The molecule has 0 radical (unpaired) electrons. The number of thiazole rings is 1. The van der Waals surface area contributed by atoms with Crippen molar-refractivity contribution in [3.63, 3.8) is 0 Å². The van der Waals surface area contributed by atoms with Crippen LogP contribution in [-0.2, 0) is 22.4 Å². The highest BCUT2D eigenvalue weighted by molar-refractivity contribution is 7.15. The topological polar surface area (TPSA) is 101 Å². The number of amides is 2. The van der Waals surface area contributed by atoms with E-state index in [1.165, 1.54) is 23.3 Å². The SMILES string of the molecule is COC(CNC(=O)Nc1nc2c(s1)CCC2)CC(=O)O. The molecule has 0 fully saturated rings. The summed E-state index contributed by atoms with van der Waals surface area (Å²) in [5.74, 6) is -0.963. The van der Waals surface area contributed by atoms with E-state index in [9.17, 15) is 9.59 Å². The van der Waals surface area contributed by atoms with Crippen LogP contribution in [0.2, 0.25) is 0 Å². The van der Waals surface area contributed by atoms with E-state index in [-0.39, 0.29) is 13.0 Å². The lowest BCUT2D eigenvalue weighted by atomic mass is 10.2. The molecule has 1 aliphatic rings. The molecule has 1 aromatic rings. The highest BCUT2D eigenvalue weighted by Gasteiger charge is 2.18. The Balaban J connectivity index is 1.78. The Morgan fingerprint density at radius 2 is 2.30 bits per heavy atom. The van der Waals surface area contributed by atoms with Crippen molar-refractivity contribution in [3.8, 4) is 0 Å². The van der Waals surface area contributed by atoms with E-state index in [0.717, 1.165) is 25.0 Å². The number of carbonyl (C=O) groups excluding carboxylic acids is 1. The van der Waals surface area contributed by atoms with E-state index in [4.69, 9.17) is 9.84 Å². The fourth-order valence-electron chi connectivity index (χ4n) is 2.03. The van der Waals surface area contributed by atoms with Crippen molar-refractivity contribution in [1.29, 1.82) is 0 Å². The van der Waals surface area contributed by atoms with Crippen LogP contribution in [0.3, 0.4) is 0 Å². The van der Waals surface area contributed by atoms with Gasteiger partial charge in [-0.05, 0) is 19.3 Å². The number of hydrogen-bond acceptors (Lipinski definition) is 5. The molecule has 1 unspecified atom stereocenters. The molecule has 0 spiro atoms. The lowest BCUT2D eigenvalue weighted by Crippen LogP contribution is -2.37. The highest BCUT2D eigenvalue weighted by Crippen LogP contribution is 2.30. The Hall–Kier alpha value is -1.67. The van der Waals surface area contributed by atoms with E-state index in [1.807, 2.05) is 0 Å². The molecule has 0 aromatic carbocycles. The van der Waals surface area contributed by atoms with E-state index < -0.39 is 18.1 Å². The maximum absolute atomic E-state index is 11.7. The van der Waals surface area contributed by atoms with Gasteiger partial charge in [-0.3, -0.25) is 10.1 Å². The molecular weight excluding hydrogens is 282 g/mol. The molecular formula is C12H17N3O4S. The van der Waals surface area contributed by atoms with Gasteiger partial charge < -0.3 is 15.2 Å². The number of aromatic nitrogens is 1. The number of carbonyl (C=O) groups is 2. The van der Waals surface area contributed by atoms with Crippen molar-refractivity contribution in [2.75, 3.05) is 19.0 Å². The first-order chi connectivity index (χ1) is 9.58. The maximum atomic E-state index is 11.7. The average Bonchev–Trinajstić information content (AvgIpc) is 2.94. The molecule has 8 heteroatoms. The summed E-state index contributed by atoms with van der Waals surface area (Å²) in [7, 11) is 1.42. The number of nitrogens with zero attached hydrogens (tertiary/aromatic N) is 1. The number of fused-ring (bicyclic) bond motifs is 1. The van der Waals surface area contributed by atoms with E-state index in [2.05, 4.69) is 15.6 Å². The molecule has 0 saturated carbocycles. The third-order valence-electron chi connectivity index (χ3n) is 3.04. The minimum atomic E-state index is -0.963. The van der Waals surface area contributed by atoms with Crippen LogP contribution in [0.4, 0.5) is 9.93 Å². The maximum Gasteiger partial charge on any atom is 0.321 e. The summed E-state index contributed by atoms with van der Waals surface area (Å²) in [5, 5.41) is 14.5. The van der Waals surface area contributed by atoms with Crippen LogP contribution in [0.5, 0.6) is 0 Å². The van der Waals surface area contributed by atoms with E-state index >= 15 is 0 Å². The van der Waals surface area contributed by atoms with Crippen LogP contribution < -0.4 is 10.6 Å². The van der Waals surface area contributed by atoms with Crippen LogP contribution in [0.15, 0.2) is 0 Å². The van der Waals surface area contributed by atoms with Crippen LogP contribution >= 0.6 is 11.3 Å². The summed E-state index contributed by atoms with van der Waals surface area (Å²) >= 11 is 1.49. The lowest BCUT2D eigenvalue weighted by molar-refractivity contribution is -0.139. The number of rotatable bonds is 6. The van der Waals surface area contributed by atoms with Crippen molar-refractivity contribution in [2.45, 2.75) is 31.8 Å². The van der Waals surface area contributed by atoms with Crippen LogP contribution in [0.25, 0.3) is 0 Å². The van der Waals surface area contributed by atoms with Gasteiger partial charge in [-0.1, -0.05) is 0 Å². The van der Waals surface area contributed by atoms with Crippen LogP contribution in [0.1, 0.15) is 23.4 Å². The molecule has 3 N–H and O–H groups in total. The molecule has 1 aliphatic carbocycles. The Labute approximate surface area is 120 Å². The second-order valence-corrected chi connectivity index (χ2v) is 5.62. The van der Waals surface area contributed by atoms with Crippen molar-refractivity contribution in [2.24, 2.45) is 0 Å². The zero-order chi connectivity index (χ0) is 14.5. The largest absolute Gasteiger partial charge is 0.481 e. The number of anilines is 1. The van der Waals surface area contributed by atoms with Gasteiger partial charge in [-0.25, -0.2) is 9.78 Å². The monoisotopic (exact) mass is 299 g/mol. The third kappa shape index (κ3) is 3.91. The highest BCUT2D eigenvalue weighted by atomic mass is 32.1. The number of aryl methyl sites for hydroxylation is 2. The summed E-state index contributed by atoms with van der Waals surface area (Å²) < 4.78 is 4.98. The standard InChI is InChI=1S/C12H17N3O4S/c1-19-7(5-10(16)17)6-13-11(18)15-12-14-8-3-2-4-9(8)20-12/h7H,2-6H2,1H3,(H,16,17)(H2,13,14,15,18). The summed E-state index contributed by atoms with van der Waals surface area (Å²) in [5.41, 5.74) is 1.07. The Morgan fingerprint density at radius 3 is 2.95 bits per heavy atom. The van der Waals surface area contributed by atoms with Crippen molar-refractivity contribution < 1.29 is 19.4 Å². The minimum Gasteiger partial charge on any atom is -0.481 e. The number of carboxylic acids is 1. The first-order valence-corrected chi connectivity index (χ1v) is 7.18. The Morgan fingerprint density at radius 1 is 1.50 bits per heavy atom. The van der Waals surface area contributed by atoms with Gasteiger partial charge in [0.2, 0.25) is 0 Å². The second kappa shape index (κ2) is 6.67. The number of urea groups is 1. The predicted molar refractivity (Wildman–Crippen MR) is 74.2 cm³/mol. The van der Waals surface area contributed by atoms with Gasteiger partial charge in [-0.15, -0.1) is 11.3 Å². The molecule has 2 rings (SSSR count). The average molecular weight is 299 g/mol. The molecule has 0 saturated heterocycles. The number of nitrogens with one attached hydrogen (secondary N) is 2. The fourth-order valence-corrected chi connectivity index (χ4v) is 3.07. The minimum absolute atomic E-state index is 0.139. The van der Waals surface area contributed by atoms with Crippen LogP contribution in [0, 0.1) is 0 Å². The van der Waals surface area contributed by atoms with Gasteiger partial charge in [0.1, 0.15) is 0 Å². The molecule has 7 nitrogen and oxygen atoms in total. The predicted octanol–water partition coefficient (Wildman–Crippen LogP) is 1.24. The van der Waals surface area contributed by atoms with Gasteiger partial charge >= 0.3 is 12.0 Å². The smallest absolute Gasteiger partial charge is 0.321 e. The number of methoxy groups -OCH3 is 1. The van der Waals surface area contributed by atoms with Gasteiger partial charge in [0, 0.05) is 18.5 Å². The number of ether oxygens (including phenoxy) is 1. The zero-order valence-corrected chi connectivity index (χ0v) is 12.0. The molecule has 1 aromatic heterocycles. The van der Waals surface area contributed by atoms with Crippen molar-refractivity contribution >= 4 is 28.5 Å². The molecule has 0 bridgehead atoms. The molecule has 0 aliphatic heterocycles. The summed E-state index contributed by atoms with van der Waals surface area (Å²) in [4.78, 5) is 27.8. The van der Waals surface area contributed by atoms with E-state index in [1.54, 1.807) is 0 Å². The molecule has 110 valence electrons.